The number of halogens is 1. The van der Waals surface area contributed by atoms with Gasteiger partial charge in [-0.25, -0.2) is 10.4 Å². The number of oxazole rings is 1. The van der Waals surface area contributed by atoms with Crippen LogP contribution in [0.1, 0.15) is 36.9 Å². The molecule has 2 aromatic rings. The fourth-order valence-electron chi connectivity index (χ4n) is 1.49. The molecule has 0 spiro atoms. The van der Waals surface area contributed by atoms with E-state index in [0.717, 1.165) is 10.0 Å². The number of rotatable bonds is 4. The number of hydrazone groups is 1. The summed E-state index contributed by atoms with van der Waals surface area (Å²) < 4.78 is 6.43. The molecule has 5 nitrogen and oxygen atoms in total. The molecule has 1 aromatic carbocycles. The Hall–Kier alpha value is -2.13. The van der Waals surface area contributed by atoms with Crippen LogP contribution in [-0.4, -0.2) is 11.2 Å². The Morgan fingerprint density at radius 2 is 2.30 bits per heavy atom. The standard InChI is InChI=1S/C14H13BrN4O/c1-9(2)13-18-12(7-16)14(20-13)19-17-8-10-4-3-5-11(15)6-10/h3-6,8-9,19H,1-2H3/b17-8-. The first-order chi connectivity index (χ1) is 9.60. The van der Waals surface area contributed by atoms with Gasteiger partial charge in [0.25, 0.3) is 5.88 Å². The highest BCUT2D eigenvalue weighted by Crippen LogP contribution is 2.22. The molecule has 1 N–H and O–H groups in total. The minimum absolute atomic E-state index is 0.117. The van der Waals surface area contributed by atoms with Gasteiger partial charge in [0.15, 0.2) is 0 Å². The van der Waals surface area contributed by atoms with Crippen molar-refractivity contribution in [1.82, 2.24) is 4.98 Å². The second kappa shape index (κ2) is 6.35. The second-order valence-electron chi connectivity index (χ2n) is 4.42. The Morgan fingerprint density at radius 1 is 1.50 bits per heavy atom. The number of hydrogen-bond acceptors (Lipinski definition) is 5. The number of anilines is 1. The summed E-state index contributed by atoms with van der Waals surface area (Å²) >= 11 is 3.39. The van der Waals surface area contributed by atoms with Crippen LogP contribution in [0.2, 0.25) is 0 Å². The third-order valence-corrected chi connectivity index (χ3v) is 2.97. The van der Waals surface area contributed by atoms with Crippen molar-refractivity contribution < 1.29 is 4.42 Å². The fourth-order valence-corrected chi connectivity index (χ4v) is 1.90. The highest BCUT2D eigenvalue weighted by molar-refractivity contribution is 9.10. The molecule has 0 radical (unpaired) electrons. The van der Waals surface area contributed by atoms with Gasteiger partial charge in [0.2, 0.25) is 11.6 Å². The van der Waals surface area contributed by atoms with E-state index in [1.165, 1.54) is 0 Å². The maximum absolute atomic E-state index is 9.00. The van der Waals surface area contributed by atoms with Gasteiger partial charge in [-0.1, -0.05) is 41.9 Å². The van der Waals surface area contributed by atoms with E-state index in [0.29, 0.717) is 5.89 Å². The Bertz CT molecular complexity index is 670. The minimum atomic E-state index is 0.117. The predicted molar refractivity (Wildman–Crippen MR) is 80.7 cm³/mol. The first-order valence-electron chi connectivity index (χ1n) is 6.05. The molecule has 0 unspecified atom stereocenters. The largest absolute Gasteiger partial charge is 0.422 e. The SMILES string of the molecule is CC(C)c1nc(C#N)c(N/N=C\c2cccc(Br)c2)o1. The highest BCUT2D eigenvalue weighted by atomic mass is 79.9. The van der Waals surface area contributed by atoms with Gasteiger partial charge >= 0.3 is 0 Å². The van der Waals surface area contributed by atoms with E-state index in [4.69, 9.17) is 9.68 Å². The van der Waals surface area contributed by atoms with Gasteiger partial charge in [0.1, 0.15) is 6.07 Å². The molecule has 1 heterocycles. The lowest BCUT2D eigenvalue weighted by Crippen LogP contribution is -1.91. The quantitative estimate of drug-likeness (QED) is 0.681. The maximum atomic E-state index is 9.00. The topological polar surface area (TPSA) is 74.2 Å². The van der Waals surface area contributed by atoms with Gasteiger partial charge < -0.3 is 4.42 Å². The van der Waals surface area contributed by atoms with Gasteiger partial charge in [0.05, 0.1) is 6.21 Å². The van der Waals surface area contributed by atoms with Gasteiger partial charge in [-0.15, -0.1) is 0 Å². The van der Waals surface area contributed by atoms with E-state index >= 15 is 0 Å². The van der Waals surface area contributed by atoms with Crippen LogP contribution in [0.15, 0.2) is 38.3 Å². The van der Waals surface area contributed by atoms with Crippen LogP contribution in [0.25, 0.3) is 0 Å². The molecule has 0 atom stereocenters. The van der Waals surface area contributed by atoms with Crippen LogP contribution in [0.3, 0.4) is 0 Å². The van der Waals surface area contributed by atoms with E-state index < -0.39 is 0 Å². The molecule has 0 aliphatic heterocycles. The smallest absolute Gasteiger partial charge is 0.252 e. The molecular weight excluding hydrogens is 320 g/mol. The second-order valence-corrected chi connectivity index (χ2v) is 5.34. The van der Waals surface area contributed by atoms with Crippen LogP contribution in [0.5, 0.6) is 0 Å². The lowest BCUT2D eigenvalue weighted by Gasteiger charge is -1.97. The Labute approximate surface area is 125 Å². The van der Waals surface area contributed by atoms with Crippen LogP contribution in [-0.2, 0) is 0 Å². The van der Waals surface area contributed by atoms with Gasteiger partial charge in [-0.3, -0.25) is 0 Å². The summed E-state index contributed by atoms with van der Waals surface area (Å²) in [4.78, 5) is 4.10. The van der Waals surface area contributed by atoms with Crippen molar-refractivity contribution >= 4 is 28.0 Å². The Balaban J connectivity index is 2.13. The number of nitriles is 1. The summed E-state index contributed by atoms with van der Waals surface area (Å²) in [5.41, 5.74) is 3.84. The summed E-state index contributed by atoms with van der Waals surface area (Å²) in [6.07, 6.45) is 1.64. The number of hydrogen-bond donors (Lipinski definition) is 1. The average Bonchev–Trinajstić information content (AvgIpc) is 2.82. The summed E-state index contributed by atoms with van der Waals surface area (Å²) in [7, 11) is 0. The highest BCUT2D eigenvalue weighted by Gasteiger charge is 2.14. The molecule has 0 aliphatic carbocycles. The van der Waals surface area contributed by atoms with Crippen molar-refractivity contribution in [2.75, 3.05) is 5.43 Å². The molecule has 20 heavy (non-hydrogen) atoms. The number of aromatic nitrogens is 1. The fraction of sp³-hybridized carbons (Fsp3) is 0.214. The van der Waals surface area contributed by atoms with Gasteiger partial charge in [-0.2, -0.15) is 10.4 Å². The summed E-state index contributed by atoms with van der Waals surface area (Å²) in [5, 5.41) is 13.0. The Kier molecular flexibility index (Phi) is 4.53. The predicted octanol–water partition coefficient (Wildman–Crippen LogP) is 3.88. The Morgan fingerprint density at radius 3 is 2.95 bits per heavy atom. The summed E-state index contributed by atoms with van der Waals surface area (Å²) in [6, 6.07) is 9.67. The maximum Gasteiger partial charge on any atom is 0.252 e. The van der Waals surface area contributed by atoms with E-state index in [-0.39, 0.29) is 17.5 Å². The van der Waals surface area contributed by atoms with Crippen molar-refractivity contribution in [2.24, 2.45) is 5.10 Å². The van der Waals surface area contributed by atoms with E-state index in [1.54, 1.807) is 6.21 Å². The van der Waals surface area contributed by atoms with Crippen LogP contribution < -0.4 is 5.43 Å². The zero-order chi connectivity index (χ0) is 14.5. The van der Waals surface area contributed by atoms with Crippen LogP contribution in [0.4, 0.5) is 5.88 Å². The molecule has 1 aromatic heterocycles. The molecule has 0 aliphatic rings. The lowest BCUT2D eigenvalue weighted by molar-refractivity contribution is 0.481. The summed E-state index contributed by atoms with van der Waals surface area (Å²) in [5.74, 6) is 0.899. The van der Waals surface area contributed by atoms with Crippen molar-refractivity contribution in [3.05, 3.63) is 45.9 Å². The molecule has 0 saturated heterocycles. The van der Waals surface area contributed by atoms with Crippen molar-refractivity contribution in [2.45, 2.75) is 19.8 Å². The third kappa shape index (κ3) is 3.45. The molecule has 102 valence electrons. The monoisotopic (exact) mass is 332 g/mol. The van der Waals surface area contributed by atoms with E-state index in [1.807, 2.05) is 44.2 Å². The number of benzene rings is 1. The molecule has 0 bridgehead atoms. The van der Waals surface area contributed by atoms with Gasteiger partial charge in [0, 0.05) is 10.4 Å². The summed E-state index contributed by atoms with van der Waals surface area (Å²) in [6.45, 7) is 3.89. The zero-order valence-corrected chi connectivity index (χ0v) is 12.7. The third-order valence-electron chi connectivity index (χ3n) is 2.47. The lowest BCUT2D eigenvalue weighted by atomic mass is 10.2. The van der Waals surface area contributed by atoms with Crippen LogP contribution in [0, 0.1) is 11.3 Å². The first kappa shape index (κ1) is 14.3. The molecule has 2 rings (SSSR count). The average molecular weight is 333 g/mol. The zero-order valence-electron chi connectivity index (χ0n) is 11.1. The first-order valence-corrected chi connectivity index (χ1v) is 6.85. The molecule has 0 amide bonds. The number of nitrogens with zero attached hydrogens (tertiary/aromatic N) is 3. The van der Waals surface area contributed by atoms with Crippen molar-refractivity contribution in [3.63, 3.8) is 0 Å². The number of nitrogens with one attached hydrogen (secondary N) is 1. The minimum Gasteiger partial charge on any atom is -0.422 e. The molecule has 6 heteroatoms. The van der Waals surface area contributed by atoms with Crippen molar-refractivity contribution in [3.8, 4) is 6.07 Å². The molecule has 0 saturated carbocycles. The van der Waals surface area contributed by atoms with Gasteiger partial charge in [-0.05, 0) is 17.7 Å². The van der Waals surface area contributed by atoms with Crippen molar-refractivity contribution in [1.29, 1.82) is 5.26 Å². The molecule has 0 fully saturated rings. The van der Waals surface area contributed by atoms with Crippen LogP contribution >= 0.6 is 15.9 Å². The van der Waals surface area contributed by atoms with E-state index in [2.05, 4.69) is 31.4 Å². The molecular formula is C14H13BrN4O. The van der Waals surface area contributed by atoms with E-state index in [9.17, 15) is 0 Å². The normalized spacial score (nSPS) is 10.9.